The first-order valence-corrected chi connectivity index (χ1v) is 12.5. The van der Waals surface area contributed by atoms with Crippen molar-refractivity contribution >= 4 is 15.9 Å². The highest BCUT2D eigenvalue weighted by Crippen LogP contribution is 2.30. The molecule has 1 amide bonds. The predicted molar refractivity (Wildman–Crippen MR) is 127 cm³/mol. The van der Waals surface area contributed by atoms with Crippen molar-refractivity contribution in [2.24, 2.45) is 0 Å². The van der Waals surface area contributed by atoms with E-state index in [0.29, 0.717) is 18.0 Å². The summed E-state index contributed by atoms with van der Waals surface area (Å²) in [5.74, 6) is 0.359. The Bertz CT molecular complexity index is 1030. The predicted octanol–water partition coefficient (Wildman–Crippen LogP) is 2.63. The van der Waals surface area contributed by atoms with Crippen LogP contribution in [0.15, 0.2) is 47.4 Å². The fourth-order valence-electron chi connectivity index (χ4n) is 3.84. The van der Waals surface area contributed by atoms with Crippen molar-refractivity contribution in [1.82, 2.24) is 14.5 Å². The molecule has 180 valence electrons. The lowest BCUT2D eigenvalue weighted by Gasteiger charge is -2.26. The van der Waals surface area contributed by atoms with E-state index in [-0.39, 0.29) is 17.3 Å². The van der Waals surface area contributed by atoms with Gasteiger partial charge in [0.25, 0.3) is 0 Å². The molecule has 0 spiro atoms. The van der Waals surface area contributed by atoms with E-state index in [2.05, 4.69) is 22.3 Å². The molecule has 1 aliphatic heterocycles. The maximum atomic E-state index is 12.9. The minimum atomic E-state index is -3.86. The Morgan fingerprint density at radius 2 is 1.61 bits per heavy atom. The van der Waals surface area contributed by atoms with Crippen LogP contribution in [0.5, 0.6) is 11.5 Å². The molecule has 0 radical (unpaired) electrons. The molecule has 33 heavy (non-hydrogen) atoms. The summed E-state index contributed by atoms with van der Waals surface area (Å²) in [6.07, 6.45) is 3.85. The summed E-state index contributed by atoms with van der Waals surface area (Å²) >= 11 is 0. The number of nitrogens with one attached hydrogen (secondary N) is 1. The van der Waals surface area contributed by atoms with Crippen molar-refractivity contribution in [1.29, 1.82) is 0 Å². The number of methoxy groups -OCH3 is 2. The number of sulfonamides is 1. The third kappa shape index (κ3) is 6.69. The molecule has 9 heteroatoms. The molecule has 1 aliphatic rings. The van der Waals surface area contributed by atoms with Gasteiger partial charge < -0.3 is 14.8 Å². The van der Waals surface area contributed by atoms with Crippen molar-refractivity contribution in [3.05, 3.63) is 53.6 Å². The molecule has 0 unspecified atom stereocenters. The number of likely N-dealkylation sites (N-methyl/N-ethyl adjacent to an activating group) is 1. The third-order valence-corrected chi connectivity index (χ3v) is 7.60. The van der Waals surface area contributed by atoms with Gasteiger partial charge in [-0.1, -0.05) is 30.7 Å². The van der Waals surface area contributed by atoms with Crippen LogP contribution in [0, 0.1) is 0 Å². The lowest BCUT2D eigenvalue weighted by molar-refractivity contribution is -0.121. The summed E-state index contributed by atoms with van der Waals surface area (Å²) in [6.45, 7) is 3.30. The minimum Gasteiger partial charge on any atom is -0.493 e. The van der Waals surface area contributed by atoms with Gasteiger partial charge in [0.15, 0.2) is 11.5 Å². The van der Waals surface area contributed by atoms with Gasteiger partial charge in [0.1, 0.15) is 0 Å². The van der Waals surface area contributed by atoms with Crippen LogP contribution in [0.3, 0.4) is 0 Å². The van der Waals surface area contributed by atoms with Crippen molar-refractivity contribution in [3.8, 4) is 11.5 Å². The average molecular weight is 476 g/mol. The minimum absolute atomic E-state index is 0.0275. The summed E-state index contributed by atoms with van der Waals surface area (Å²) in [7, 11) is 0.427. The third-order valence-electron chi connectivity index (χ3n) is 5.80. The zero-order valence-corrected chi connectivity index (χ0v) is 20.4. The topological polar surface area (TPSA) is 88.2 Å². The largest absolute Gasteiger partial charge is 0.493 e. The van der Waals surface area contributed by atoms with Gasteiger partial charge in [-0.15, -0.1) is 0 Å². The zero-order valence-electron chi connectivity index (χ0n) is 19.5. The molecule has 1 heterocycles. The van der Waals surface area contributed by atoms with Crippen LogP contribution < -0.4 is 14.8 Å². The molecule has 0 atom stereocenters. The van der Waals surface area contributed by atoms with Crippen LogP contribution in [-0.2, 0) is 27.9 Å². The average Bonchev–Trinajstić information content (AvgIpc) is 2.83. The van der Waals surface area contributed by atoms with Gasteiger partial charge in [0, 0.05) is 26.2 Å². The number of carbonyl (C=O) groups excluding carboxylic acids is 1. The smallest absolute Gasteiger partial charge is 0.243 e. The van der Waals surface area contributed by atoms with Gasteiger partial charge in [-0.2, -0.15) is 4.31 Å². The van der Waals surface area contributed by atoms with Crippen LogP contribution in [-0.4, -0.2) is 64.4 Å². The number of hydrogen-bond donors (Lipinski definition) is 1. The summed E-state index contributed by atoms with van der Waals surface area (Å²) in [4.78, 5) is 14.9. The first-order valence-electron chi connectivity index (χ1n) is 11.1. The number of hydrogen-bond acceptors (Lipinski definition) is 6. The Kier molecular flexibility index (Phi) is 8.71. The summed E-state index contributed by atoms with van der Waals surface area (Å²) < 4.78 is 37.1. The first kappa shape index (κ1) is 25.0. The molecule has 2 aromatic carbocycles. The molecule has 0 aromatic heterocycles. The molecule has 3 rings (SSSR count). The van der Waals surface area contributed by atoms with Crippen LogP contribution in [0.1, 0.15) is 30.4 Å². The van der Waals surface area contributed by atoms with Gasteiger partial charge in [-0.05, 0) is 49.2 Å². The summed E-state index contributed by atoms with van der Waals surface area (Å²) in [6, 6.07) is 12.5. The molecule has 1 saturated heterocycles. The van der Waals surface area contributed by atoms with Crippen LogP contribution in [0.25, 0.3) is 0 Å². The second kappa shape index (κ2) is 11.5. The monoisotopic (exact) mass is 475 g/mol. The van der Waals surface area contributed by atoms with Crippen LogP contribution in [0.4, 0.5) is 0 Å². The summed E-state index contributed by atoms with van der Waals surface area (Å²) in [5, 5.41) is 2.79. The van der Waals surface area contributed by atoms with E-state index in [4.69, 9.17) is 9.47 Å². The lowest BCUT2D eigenvalue weighted by Crippen LogP contribution is -2.38. The maximum absolute atomic E-state index is 12.9. The van der Waals surface area contributed by atoms with Crippen molar-refractivity contribution < 1.29 is 22.7 Å². The Hall–Kier alpha value is -2.62. The molecule has 1 fully saturated rings. The van der Waals surface area contributed by atoms with Crippen molar-refractivity contribution in [2.45, 2.75) is 37.2 Å². The number of carbonyl (C=O) groups is 1. The molecule has 0 saturated carbocycles. The maximum Gasteiger partial charge on any atom is 0.243 e. The Balaban J connectivity index is 1.52. The second-order valence-corrected chi connectivity index (χ2v) is 10.3. The quantitative estimate of drug-likeness (QED) is 0.568. The fraction of sp³-hybridized carbons (Fsp3) is 0.458. The molecule has 0 bridgehead atoms. The van der Waals surface area contributed by atoms with E-state index in [1.54, 1.807) is 0 Å². The first-order chi connectivity index (χ1) is 15.8. The number of piperidine rings is 1. The van der Waals surface area contributed by atoms with E-state index in [1.165, 1.54) is 64.3 Å². The molecule has 8 nitrogen and oxygen atoms in total. The fourth-order valence-corrected chi connectivity index (χ4v) is 4.98. The van der Waals surface area contributed by atoms with Crippen LogP contribution in [0.2, 0.25) is 0 Å². The molecular weight excluding hydrogens is 442 g/mol. The van der Waals surface area contributed by atoms with E-state index in [9.17, 15) is 13.2 Å². The highest BCUT2D eigenvalue weighted by molar-refractivity contribution is 7.89. The highest BCUT2D eigenvalue weighted by Gasteiger charge is 2.24. The van der Waals surface area contributed by atoms with E-state index in [1.807, 2.05) is 12.1 Å². The normalized spacial score (nSPS) is 14.8. The second-order valence-electron chi connectivity index (χ2n) is 8.21. The zero-order chi connectivity index (χ0) is 23.8. The Morgan fingerprint density at radius 1 is 0.970 bits per heavy atom. The van der Waals surface area contributed by atoms with Gasteiger partial charge in [0.05, 0.1) is 25.7 Å². The van der Waals surface area contributed by atoms with E-state index >= 15 is 0 Å². The van der Waals surface area contributed by atoms with E-state index in [0.717, 1.165) is 29.5 Å². The van der Waals surface area contributed by atoms with Crippen molar-refractivity contribution in [2.75, 3.05) is 40.9 Å². The SMILES string of the molecule is COc1ccc(S(=O)(=O)N(C)CC(=O)NCc2ccc(CN3CCCCC3)cc2)cc1OC. The Morgan fingerprint density at radius 3 is 2.24 bits per heavy atom. The van der Waals surface area contributed by atoms with Crippen LogP contribution >= 0.6 is 0 Å². The number of amides is 1. The number of nitrogens with zero attached hydrogens (tertiary/aromatic N) is 2. The molecule has 1 N–H and O–H groups in total. The summed E-state index contributed by atoms with van der Waals surface area (Å²) in [5.41, 5.74) is 2.23. The van der Waals surface area contributed by atoms with Gasteiger partial charge in [-0.25, -0.2) is 8.42 Å². The van der Waals surface area contributed by atoms with Gasteiger partial charge >= 0.3 is 0 Å². The van der Waals surface area contributed by atoms with Gasteiger partial charge in [-0.3, -0.25) is 9.69 Å². The Labute approximate surface area is 196 Å². The number of ether oxygens (including phenoxy) is 2. The highest BCUT2D eigenvalue weighted by atomic mass is 32.2. The van der Waals surface area contributed by atoms with Crippen molar-refractivity contribution in [3.63, 3.8) is 0 Å². The lowest BCUT2D eigenvalue weighted by atomic mass is 10.1. The number of rotatable bonds is 10. The molecule has 2 aromatic rings. The molecular formula is C24H33N3O5S. The number of benzene rings is 2. The molecule has 0 aliphatic carbocycles. The van der Waals surface area contributed by atoms with Gasteiger partial charge in [0.2, 0.25) is 15.9 Å². The standard InChI is InChI=1S/C24H33N3O5S/c1-26(33(29,30)21-11-12-22(31-2)23(15-21)32-3)18-24(28)25-16-19-7-9-20(10-8-19)17-27-13-5-4-6-14-27/h7-12,15H,4-6,13-14,16-18H2,1-3H3,(H,25,28). The number of likely N-dealkylation sites (tertiary alicyclic amines) is 1. The van der Waals surface area contributed by atoms with E-state index < -0.39 is 10.0 Å².